The highest BCUT2D eigenvalue weighted by Gasteiger charge is 2.22. The number of carbonyl (C=O) groups is 1. The number of ether oxygens (including phenoxy) is 2. The number of benzene rings is 1. The van der Waals surface area contributed by atoms with E-state index in [1.54, 1.807) is 14.2 Å². The highest BCUT2D eigenvalue weighted by Crippen LogP contribution is 2.35. The maximum atomic E-state index is 12.9. The van der Waals surface area contributed by atoms with Gasteiger partial charge >= 0.3 is 0 Å². The molecule has 0 saturated carbocycles. The van der Waals surface area contributed by atoms with E-state index in [4.69, 9.17) is 9.47 Å². The summed E-state index contributed by atoms with van der Waals surface area (Å²) in [6.45, 7) is 6.21. The predicted molar refractivity (Wildman–Crippen MR) is 106 cm³/mol. The lowest BCUT2D eigenvalue weighted by molar-refractivity contribution is 0.0943. The van der Waals surface area contributed by atoms with Crippen LogP contribution in [0.5, 0.6) is 5.88 Å². The number of aryl methyl sites for hydroxylation is 2. The molecule has 1 atom stereocenters. The Kier molecular flexibility index (Phi) is 5.72. The molecule has 3 rings (SSSR count). The summed E-state index contributed by atoms with van der Waals surface area (Å²) in [5.74, 6) is 0.872. The Morgan fingerprint density at radius 2 is 1.96 bits per heavy atom. The minimum Gasteiger partial charge on any atom is -0.480 e. The molecule has 0 aliphatic rings. The Labute approximate surface area is 162 Å². The molecule has 0 fully saturated rings. The standard InChI is InChI=1S/C20H23N3O3S/c1-11-8-6-7-9-14(11)13(3)21-18(24)17-12(2)16-19(26-5)22-15(10-25-4)23-20(16)27-17/h6-9,13H,10H2,1-5H3,(H,21,24). The van der Waals surface area contributed by atoms with Crippen molar-refractivity contribution in [3.8, 4) is 5.88 Å². The van der Waals surface area contributed by atoms with Crippen LogP contribution in [0.15, 0.2) is 24.3 Å². The van der Waals surface area contributed by atoms with Gasteiger partial charge in [0.05, 0.1) is 23.4 Å². The molecule has 0 saturated heterocycles. The molecule has 1 unspecified atom stereocenters. The number of aromatic nitrogens is 2. The normalized spacial score (nSPS) is 12.2. The van der Waals surface area contributed by atoms with Gasteiger partial charge < -0.3 is 14.8 Å². The number of thiophene rings is 1. The molecule has 2 heterocycles. The summed E-state index contributed by atoms with van der Waals surface area (Å²) >= 11 is 1.34. The van der Waals surface area contributed by atoms with Crippen LogP contribution >= 0.6 is 11.3 Å². The fraction of sp³-hybridized carbons (Fsp3) is 0.350. The molecule has 7 heteroatoms. The molecule has 1 aromatic carbocycles. The van der Waals surface area contributed by atoms with Crippen LogP contribution in [0.25, 0.3) is 10.2 Å². The second kappa shape index (κ2) is 8.02. The first-order valence-corrected chi connectivity index (χ1v) is 9.47. The van der Waals surface area contributed by atoms with E-state index >= 15 is 0 Å². The van der Waals surface area contributed by atoms with Crippen molar-refractivity contribution >= 4 is 27.5 Å². The van der Waals surface area contributed by atoms with Crippen molar-refractivity contribution in [1.82, 2.24) is 15.3 Å². The lowest BCUT2D eigenvalue weighted by atomic mass is 10.0. The summed E-state index contributed by atoms with van der Waals surface area (Å²) in [5.41, 5.74) is 3.07. The molecule has 142 valence electrons. The average molecular weight is 385 g/mol. The molecular weight excluding hydrogens is 362 g/mol. The first-order valence-electron chi connectivity index (χ1n) is 8.65. The van der Waals surface area contributed by atoms with Crippen LogP contribution in [0.3, 0.4) is 0 Å². The number of amides is 1. The van der Waals surface area contributed by atoms with Crippen LogP contribution in [-0.2, 0) is 11.3 Å². The summed E-state index contributed by atoms with van der Waals surface area (Å²) in [6, 6.07) is 7.95. The second-order valence-corrected chi connectivity index (χ2v) is 7.37. The highest BCUT2D eigenvalue weighted by atomic mass is 32.1. The average Bonchev–Trinajstić information content (AvgIpc) is 2.98. The van der Waals surface area contributed by atoms with Gasteiger partial charge in [-0.3, -0.25) is 4.79 Å². The Hall–Kier alpha value is -2.51. The predicted octanol–water partition coefficient (Wildman–Crippen LogP) is 3.95. The van der Waals surface area contributed by atoms with Crippen LogP contribution in [0.4, 0.5) is 0 Å². The lowest BCUT2D eigenvalue weighted by Gasteiger charge is -2.16. The summed E-state index contributed by atoms with van der Waals surface area (Å²) in [4.78, 5) is 23.2. The van der Waals surface area contributed by atoms with E-state index in [0.29, 0.717) is 16.6 Å². The van der Waals surface area contributed by atoms with Crippen molar-refractivity contribution in [2.24, 2.45) is 0 Å². The van der Waals surface area contributed by atoms with Crippen LogP contribution in [-0.4, -0.2) is 30.1 Å². The van der Waals surface area contributed by atoms with Crippen LogP contribution in [0.1, 0.15) is 45.2 Å². The van der Waals surface area contributed by atoms with Gasteiger partial charge in [-0.15, -0.1) is 11.3 Å². The molecule has 3 aromatic rings. The minimum absolute atomic E-state index is 0.0969. The van der Waals surface area contributed by atoms with Crippen molar-refractivity contribution in [3.05, 3.63) is 51.7 Å². The fourth-order valence-corrected chi connectivity index (χ4v) is 4.21. The molecule has 0 aliphatic heterocycles. The smallest absolute Gasteiger partial charge is 0.262 e. The molecule has 2 aromatic heterocycles. The number of fused-ring (bicyclic) bond motifs is 1. The van der Waals surface area contributed by atoms with E-state index in [0.717, 1.165) is 26.9 Å². The fourth-order valence-electron chi connectivity index (χ4n) is 3.11. The molecule has 6 nitrogen and oxygen atoms in total. The number of nitrogens with zero attached hydrogens (tertiary/aromatic N) is 2. The topological polar surface area (TPSA) is 73.3 Å². The van der Waals surface area contributed by atoms with Crippen molar-refractivity contribution < 1.29 is 14.3 Å². The van der Waals surface area contributed by atoms with Gasteiger partial charge in [0.25, 0.3) is 5.91 Å². The van der Waals surface area contributed by atoms with Gasteiger partial charge in [0, 0.05) is 7.11 Å². The van der Waals surface area contributed by atoms with E-state index in [1.165, 1.54) is 11.3 Å². The van der Waals surface area contributed by atoms with Gasteiger partial charge in [0.15, 0.2) is 5.82 Å². The first-order chi connectivity index (χ1) is 13.0. The minimum atomic E-state index is -0.124. The number of rotatable bonds is 6. The van der Waals surface area contributed by atoms with Gasteiger partial charge in [-0.1, -0.05) is 24.3 Å². The summed E-state index contributed by atoms with van der Waals surface area (Å²) < 4.78 is 10.5. The van der Waals surface area contributed by atoms with Crippen molar-refractivity contribution in [2.75, 3.05) is 14.2 Å². The largest absolute Gasteiger partial charge is 0.480 e. The number of hydrogen-bond acceptors (Lipinski definition) is 6. The van der Waals surface area contributed by atoms with Gasteiger partial charge in [-0.25, -0.2) is 4.98 Å². The molecule has 0 aliphatic carbocycles. The van der Waals surface area contributed by atoms with E-state index in [2.05, 4.69) is 15.3 Å². The van der Waals surface area contributed by atoms with E-state index in [9.17, 15) is 4.79 Å². The second-order valence-electron chi connectivity index (χ2n) is 6.37. The van der Waals surface area contributed by atoms with E-state index in [1.807, 2.05) is 45.0 Å². The maximum absolute atomic E-state index is 12.9. The van der Waals surface area contributed by atoms with E-state index < -0.39 is 0 Å². The van der Waals surface area contributed by atoms with Gasteiger partial charge in [0.2, 0.25) is 5.88 Å². The first kappa shape index (κ1) is 19.3. The van der Waals surface area contributed by atoms with Gasteiger partial charge in [-0.2, -0.15) is 4.98 Å². The van der Waals surface area contributed by atoms with Crippen molar-refractivity contribution in [1.29, 1.82) is 0 Å². The number of hydrogen-bond donors (Lipinski definition) is 1. The third-order valence-electron chi connectivity index (χ3n) is 4.48. The van der Waals surface area contributed by atoms with E-state index in [-0.39, 0.29) is 18.6 Å². The molecule has 0 spiro atoms. The summed E-state index contributed by atoms with van der Waals surface area (Å²) in [5, 5.41) is 3.86. The Bertz CT molecular complexity index is 984. The van der Waals surface area contributed by atoms with Gasteiger partial charge in [0.1, 0.15) is 11.4 Å². The van der Waals surface area contributed by atoms with Crippen molar-refractivity contribution in [3.63, 3.8) is 0 Å². The van der Waals surface area contributed by atoms with Crippen molar-refractivity contribution in [2.45, 2.75) is 33.4 Å². The molecular formula is C20H23N3O3S. The Morgan fingerprint density at radius 3 is 2.63 bits per heavy atom. The van der Waals surface area contributed by atoms with Crippen LogP contribution in [0.2, 0.25) is 0 Å². The number of methoxy groups -OCH3 is 2. The molecule has 0 radical (unpaired) electrons. The monoisotopic (exact) mass is 385 g/mol. The third-order valence-corrected chi connectivity index (χ3v) is 5.66. The number of carbonyl (C=O) groups excluding carboxylic acids is 1. The molecule has 27 heavy (non-hydrogen) atoms. The Morgan fingerprint density at radius 1 is 1.22 bits per heavy atom. The lowest BCUT2D eigenvalue weighted by Crippen LogP contribution is -2.26. The third kappa shape index (κ3) is 3.79. The molecule has 0 bridgehead atoms. The summed E-state index contributed by atoms with van der Waals surface area (Å²) in [6.07, 6.45) is 0. The number of nitrogens with one attached hydrogen (secondary N) is 1. The quantitative estimate of drug-likeness (QED) is 0.695. The Balaban J connectivity index is 1.95. The summed E-state index contributed by atoms with van der Waals surface area (Å²) in [7, 11) is 3.15. The van der Waals surface area contributed by atoms with Crippen LogP contribution in [0, 0.1) is 13.8 Å². The molecule has 1 amide bonds. The zero-order chi connectivity index (χ0) is 19.6. The SMILES string of the molecule is COCc1nc(OC)c2c(C)c(C(=O)NC(C)c3ccccc3C)sc2n1. The van der Waals surface area contributed by atoms with Crippen LogP contribution < -0.4 is 10.1 Å². The maximum Gasteiger partial charge on any atom is 0.262 e. The van der Waals surface area contributed by atoms with Gasteiger partial charge in [-0.05, 0) is 37.5 Å². The highest BCUT2D eigenvalue weighted by molar-refractivity contribution is 7.20. The zero-order valence-corrected chi connectivity index (χ0v) is 16.9. The zero-order valence-electron chi connectivity index (χ0n) is 16.1. The molecule has 1 N–H and O–H groups in total.